The largest absolute Gasteiger partial charge is 0.241 e. The van der Waals surface area contributed by atoms with Gasteiger partial charge in [0.2, 0.25) is 6.71 Å². The van der Waals surface area contributed by atoms with Gasteiger partial charge in [-0.05, 0) is 118 Å². The molecule has 0 bridgehead atoms. The van der Waals surface area contributed by atoms with Crippen LogP contribution in [0, 0.1) is 6.92 Å². The highest BCUT2D eigenvalue weighted by molar-refractivity contribution is 6.95. The summed E-state index contributed by atoms with van der Waals surface area (Å²) in [4.78, 5) is 0. The highest BCUT2D eigenvalue weighted by Gasteiger charge is 2.23. The number of allylic oxidation sites excluding steroid dienone is 8. The molecule has 0 amide bonds. The summed E-state index contributed by atoms with van der Waals surface area (Å²) in [5, 5.41) is 0. The van der Waals surface area contributed by atoms with Crippen molar-refractivity contribution in [2.75, 3.05) is 0 Å². The smallest absolute Gasteiger partial charge is 0.0839 e. The zero-order valence-corrected chi connectivity index (χ0v) is 35.0. The standard InChI is InChI=1S/C58H53B/c1-5-15-51-20-12-13-21-58(51)57-23-14-22-56(44(57)4)52-34-40-55(41-35-52)59(53-36-30-46(31-37-53)43(3)25-24-42(2)45-16-8-6-9-17-45)54-38-32-50(33-39-54)49-28-26-48(27-29-49)47-18-10-7-11-19-47/h6-12,14,16-20,22-41H,5,13,15,21H2,1-4H3/b42-24+,43-25+. The summed E-state index contributed by atoms with van der Waals surface area (Å²) in [5.41, 5.74) is 22.1. The summed E-state index contributed by atoms with van der Waals surface area (Å²) >= 11 is 0. The van der Waals surface area contributed by atoms with E-state index in [1.165, 1.54) is 101 Å². The maximum Gasteiger partial charge on any atom is 0.241 e. The van der Waals surface area contributed by atoms with Crippen LogP contribution in [0.2, 0.25) is 0 Å². The van der Waals surface area contributed by atoms with Crippen LogP contribution in [-0.4, -0.2) is 6.71 Å². The summed E-state index contributed by atoms with van der Waals surface area (Å²) in [6, 6.07) is 64.8. The van der Waals surface area contributed by atoms with E-state index in [0.29, 0.717) is 0 Å². The van der Waals surface area contributed by atoms with E-state index in [2.05, 4.69) is 228 Å². The minimum absolute atomic E-state index is 0.0836. The molecule has 1 heteroatoms. The van der Waals surface area contributed by atoms with Crippen molar-refractivity contribution in [1.82, 2.24) is 0 Å². The maximum atomic E-state index is 2.37. The van der Waals surface area contributed by atoms with Gasteiger partial charge >= 0.3 is 0 Å². The fourth-order valence-corrected chi connectivity index (χ4v) is 8.67. The first-order chi connectivity index (χ1) is 29.0. The monoisotopic (exact) mass is 760 g/mol. The third kappa shape index (κ3) is 9.01. The average molecular weight is 761 g/mol. The van der Waals surface area contributed by atoms with Crippen LogP contribution in [0.5, 0.6) is 0 Å². The molecule has 7 aromatic rings. The molecule has 0 saturated heterocycles. The van der Waals surface area contributed by atoms with E-state index in [0.717, 1.165) is 19.3 Å². The van der Waals surface area contributed by atoms with E-state index in [4.69, 9.17) is 0 Å². The van der Waals surface area contributed by atoms with Crippen LogP contribution in [0.1, 0.15) is 68.7 Å². The van der Waals surface area contributed by atoms with Crippen molar-refractivity contribution in [2.45, 2.75) is 53.4 Å². The van der Waals surface area contributed by atoms with E-state index in [1.807, 2.05) is 0 Å². The van der Waals surface area contributed by atoms with Crippen LogP contribution in [0.4, 0.5) is 0 Å². The van der Waals surface area contributed by atoms with Crippen molar-refractivity contribution in [3.8, 4) is 33.4 Å². The molecule has 0 N–H and O–H groups in total. The van der Waals surface area contributed by atoms with E-state index < -0.39 is 0 Å². The average Bonchev–Trinajstić information content (AvgIpc) is 3.30. The van der Waals surface area contributed by atoms with Crippen LogP contribution in [0.15, 0.2) is 206 Å². The fraction of sp³-hybridized carbons (Fsp3) is 0.138. The highest BCUT2D eigenvalue weighted by atomic mass is 14.2. The van der Waals surface area contributed by atoms with Crippen molar-refractivity contribution < 1.29 is 0 Å². The van der Waals surface area contributed by atoms with E-state index in [-0.39, 0.29) is 6.71 Å². The molecule has 7 aromatic carbocycles. The number of hydrogen-bond acceptors (Lipinski definition) is 0. The van der Waals surface area contributed by atoms with Gasteiger partial charge in [0.15, 0.2) is 0 Å². The first kappa shape index (κ1) is 39.4. The topological polar surface area (TPSA) is 0 Å². The Morgan fingerprint density at radius 3 is 1.51 bits per heavy atom. The third-order valence-electron chi connectivity index (χ3n) is 12.1. The zero-order chi connectivity index (χ0) is 40.6. The lowest BCUT2D eigenvalue weighted by molar-refractivity contribution is 0.903. The van der Waals surface area contributed by atoms with Gasteiger partial charge in [-0.15, -0.1) is 0 Å². The Bertz CT molecular complexity index is 2620. The van der Waals surface area contributed by atoms with Crippen LogP contribution in [0.3, 0.4) is 0 Å². The Kier molecular flexibility index (Phi) is 12.3. The molecule has 0 aromatic heterocycles. The lowest BCUT2D eigenvalue weighted by atomic mass is 9.37. The summed E-state index contributed by atoms with van der Waals surface area (Å²) in [6.07, 6.45) is 13.7. The molecule has 0 nitrogen and oxygen atoms in total. The molecule has 0 saturated carbocycles. The molecular weight excluding hydrogens is 707 g/mol. The third-order valence-corrected chi connectivity index (χ3v) is 12.1. The summed E-state index contributed by atoms with van der Waals surface area (Å²) in [5.74, 6) is 0. The van der Waals surface area contributed by atoms with Crippen LogP contribution in [0.25, 0.3) is 50.1 Å². The van der Waals surface area contributed by atoms with Crippen LogP contribution < -0.4 is 16.4 Å². The van der Waals surface area contributed by atoms with Gasteiger partial charge in [-0.3, -0.25) is 0 Å². The Labute approximate surface area is 353 Å². The van der Waals surface area contributed by atoms with Gasteiger partial charge in [0, 0.05) is 0 Å². The van der Waals surface area contributed by atoms with Gasteiger partial charge in [0.1, 0.15) is 0 Å². The molecule has 288 valence electrons. The summed E-state index contributed by atoms with van der Waals surface area (Å²) in [6.45, 7) is 9.05. The van der Waals surface area contributed by atoms with Crippen molar-refractivity contribution in [3.63, 3.8) is 0 Å². The van der Waals surface area contributed by atoms with Crippen LogP contribution >= 0.6 is 0 Å². The van der Waals surface area contributed by atoms with Gasteiger partial charge < -0.3 is 0 Å². The SMILES string of the molecule is CCCC1=C(c2cccc(-c3ccc(B(c4ccc(/C(C)=C/C=C(\C)c5ccccc5)cc4)c4ccc(-c5ccc(-c6ccccc6)cc5)cc4)cc3)c2C)CCC=C1. The number of benzene rings is 7. The van der Waals surface area contributed by atoms with Crippen LogP contribution in [-0.2, 0) is 0 Å². The molecule has 1 aliphatic rings. The van der Waals surface area contributed by atoms with E-state index in [9.17, 15) is 0 Å². The summed E-state index contributed by atoms with van der Waals surface area (Å²) in [7, 11) is 0. The highest BCUT2D eigenvalue weighted by Crippen LogP contribution is 2.36. The lowest BCUT2D eigenvalue weighted by Crippen LogP contribution is -2.51. The second kappa shape index (κ2) is 18.4. The van der Waals surface area contributed by atoms with Crippen molar-refractivity contribution in [2.24, 2.45) is 0 Å². The van der Waals surface area contributed by atoms with Gasteiger partial charge in [0.25, 0.3) is 0 Å². The van der Waals surface area contributed by atoms with Gasteiger partial charge in [0.05, 0.1) is 0 Å². The minimum atomic E-state index is 0.0836. The van der Waals surface area contributed by atoms with Crippen molar-refractivity contribution in [1.29, 1.82) is 0 Å². The molecule has 0 aliphatic heterocycles. The minimum Gasteiger partial charge on any atom is -0.0839 e. The zero-order valence-electron chi connectivity index (χ0n) is 35.0. The molecule has 0 fully saturated rings. The number of rotatable bonds is 12. The molecule has 0 heterocycles. The first-order valence-corrected chi connectivity index (χ1v) is 21.3. The van der Waals surface area contributed by atoms with E-state index >= 15 is 0 Å². The van der Waals surface area contributed by atoms with Gasteiger partial charge in [-0.2, -0.15) is 0 Å². The Balaban J connectivity index is 1.12. The Hall–Kier alpha value is -6.44. The molecule has 1 aliphatic carbocycles. The van der Waals surface area contributed by atoms with Crippen molar-refractivity contribution in [3.05, 3.63) is 228 Å². The predicted octanol–water partition coefficient (Wildman–Crippen LogP) is 13.9. The maximum absolute atomic E-state index is 2.37. The second-order valence-electron chi connectivity index (χ2n) is 16.0. The van der Waals surface area contributed by atoms with Crippen molar-refractivity contribution >= 4 is 39.8 Å². The second-order valence-corrected chi connectivity index (χ2v) is 16.0. The lowest BCUT2D eigenvalue weighted by Gasteiger charge is -2.20. The normalized spacial score (nSPS) is 13.2. The number of hydrogen-bond donors (Lipinski definition) is 0. The fourth-order valence-electron chi connectivity index (χ4n) is 8.67. The molecule has 0 spiro atoms. The quantitative estimate of drug-likeness (QED) is 0.0859. The van der Waals surface area contributed by atoms with Gasteiger partial charge in [-0.1, -0.05) is 230 Å². The van der Waals surface area contributed by atoms with E-state index in [1.54, 1.807) is 0 Å². The molecule has 59 heavy (non-hydrogen) atoms. The van der Waals surface area contributed by atoms with Gasteiger partial charge in [-0.25, -0.2) is 0 Å². The summed E-state index contributed by atoms with van der Waals surface area (Å²) < 4.78 is 0. The molecular formula is C58H53B. The molecule has 0 radical (unpaired) electrons. The Morgan fingerprint density at radius 1 is 0.492 bits per heavy atom. The molecule has 0 unspecified atom stereocenters. The molecule has 0 atom stereocenters. The predicted molar refractivity (Wildman–Crippen MR) is 259 cm³/mol. The first-order valence-electron chi connectivity index (χ1n) is 21.3. The Morgan fingerprint density at radius 2 is 0.949 bits per heavy atom. The molecule has 8 rings (SSSR count).